The molecule has 0 saturated carbocycles. The van der Waals surface area contributed by atoms with Gasteiger partial charge < -0.3 is 5.32 Å². The van der Waals surface area contributed by atoms with Crippen LogP contribution in [0.5, 0.6) is 0 Å². The van der Waals surface area contributed by atoms with Gasteiger partial charge in [0, 0.05) is 35.0 Å². The lowest BCUT2D eigenvalue weighted by atomic mass is 9.83. The maximum absolute atomic E-state index is 15.0. The second-order valence-electron chi connectivity index (χ2n) is 5.14. The highest BCUT2D eigenvalue weighted by atomic mass is 79.9. The normalized spacial score (nSPS) is 36.2. The molecule has 2 saturated heterocycles. The first kappa shape index (κ1) is 11.6. The third kappa shape index (κ3) is 2.02. The van der Waals surface area contributed by atoms with Crippen molar-refractivity contribution in [3.8, 4) is 0 Å². The molecule has 0 radical (unpaired) electrons. The van der Waals surface area contributed by atoms with E-state index in [0.29, 0.717) is 12.8 Å². The molecule has 17 heavy (non-hydrogen) atoms. The molecule has 2 bridgehead atoms. The Morgan fingerprint density at radius 3 is 2.53 bits per heavy atom. The lowest BCUT2D eigenvalue weighted by Gasteiger charge is -2.35. The number of rotatable bonds is 1. The van der Waals surface area contributed by atoms with Gasteiger partial charge in [0.15, 0.2) is 0 Å². The van der Waals surface area contributed by atoms with E-state index in [-0.39, 0.29) is 17.6 Å². The number of benzene rings is 1. The zero-order valence-electron chi connectivity index (χ0n) is 9.35. The van der Waals surface area contributed by atoms with Crippen molar-refractivity contribution in [2.45, 2.75) is 43.4 Å². The van der Waals surface area contributed by atoms with Crippen LogP contribution in [0.3, 0.4) is 0 Å². The maximum Gasteiger partial charge on any atom is 0.141 e. The number of hydrogen-bond donors (Lipinski definition) is 1. The van der Waals surface area contributed by atoms with Crippen molar-refractivity contribution < 1.29 is 8.78 Å². The molecule has 2 aliphatic rings. The summed E-state index contributed by atoms with van der Waals surface area (Å²) >= 11 is 3.28. The van der Waals surface area contributed by atoms with E-state index in [1.807, 2.05) is 0 Å². The largest absolute Gasteiger partial charge is 0.311 e. The quantitative estimate of drug-likeness (QED) is 0.834. The molecule has 0 aromatic heterocycles. The van der Waals surface area contributed by atoms with Gasteiger partial charge in [-0.25, -0.2) is 8.78 Å². The minimum Gasteiger partial charge on any atom is -0.311 e. The monoisotopic (exact) mass is 301 g/mol. The Bertz CT molecular complexity index is 437. The number of halogens is 3. The molecule has 2 aliphatic heterocycles. The summed E-state index contributed by atoms with van der Waals surface area (Å²) in [5.41, 5.74) is -1.30. The van der Waals surface area contributed by atoms with Crippen molar-refractivity contribution in [3.63, 3.8) is 0 Å². The smallest absolute Gasteiger partial charge is 0.141 e. The lowest BCUT2D eigenvalue weighted by molar-refractivity contribution is 0.0832. The average molecular weight is 302 g/mol. The number of alkyl halides is 1. The molecule has 2 unspecified atom stereocenters. The van der Waals surface area contributed by atoms with E-state index in [2.05, 4.69) is 21.2 Å². The Balaban J connectivity index is 1.99. The van der Waals surface area contributed by atoms with Crippen molar-refractivity contribution in [1.29, 1.82) is 0 Å². The Morgan fingerprint density at radius 2 is 1.88 bits per heavy atom. The van der Waals surface area contributed by atoms with E-state index >= 15 is 0 Å². The second-order valence-corrected chi connectivity index (χ2v) is 6.05. The van der Waals surface area contributed by atoms with Crippen molar-refractivity contribution in [3.05, 3.63) is 34.1 Å². The van der Waals surface area contributed by atoms with Crippen molar-refractivity contribution in [1.82, 2.24) is 5.32 Å². The molecule has 2 heterocycles. The van der Waals surface area contributed by atoms with Crippen LogP contribution in [0.25, 0.3) is 0 Å². The highest BCUT2D eigenvalue weighted by Gasteiger charge is 2.46. The molecular weight excluding hydrogens is 288 g/mol. The van der Waals surface area contributed by atoms with E-state index in [9.17, 15) is 8.78 Å². The van der Waals surface area contributed by atoms with Gasteiger partial charge in [-0.05, 0) is 31.0 Å². The first-order chi connectivity index (χ1) is 8.07. The Hall–Kier alpha value is -0.480. The standard InChI is InChI=1S/C13H14BrF2N/c14-8-1-4-12(15)11(5-8)13(16)6-9-2-3-10(7-13)17-9/h1,4-5,9-10,17H,2-3,6-7H2. The number of nitrogens with one attached hydrogen (secondary N) is 1. The van der Waals surface area contributed by atoms with Crippen LogP contribution >= 0.6 is 15.9 Å². The fourth-order valence-corrected chi connectivity index (χ4v) is 3.51. The zero-order valence-corrected chi connectivity index (χ0v) is 10.9. The molecule has 2 atom stereocenters. The van der Waals surface area contributed by atoms with Crippen LogP contribution in [0.2, 0.25) is 0 Å². The number of fused-ring (bicyclic) bond motifs is 2. The molecule has 3 rings (SSSR count). The number of hydrogen-bond acceptors (Lipinski definition) is 1. The molecule has 92 valence electrons. The van der Waals surface area contributed by atoms with E-state index in [1.165, 1.54) is 6.07 Å². The minimum atomic E-state index is -1.51. The van der Waals surface area contributed by atoms with E-state index in [0.717, 1.165) is 17.3 Å². The van der Waals surface area contributed by atoms with Crippen LogP contribution in [0.15, 0.2) is 22.7 Å². The molecule has 1 nitrogen and oxygen atoms in total. The Labute approximate surface area is 108 Å². The summed E-state index contributed by atoms with van der Waals surface area (Å²) in [6.07, 6.45) is 2.78. The van der Waals surface area contributed by atoms with Gasteiger partial charge in [-0.2, -0.15) is 0 Å². The predicted octanol–water partition coefficient (Wildman–Crippen LogP) is 3.67. The Morgan fingerprint density at radius 1 is 1.24 bits per heavy atom. The number of piperidine rings is 1. The summed E-state index contributed by atoms with van der Waals surface area (Å²) in [5.74, 6) is -0.433. The fraction of sp³-hybridized carbons (Fsp3) is 0.538. The highest BCUT2D eigenvalue weighted by Crippen LogP contribution is 2.45. The van der Waals surface area contributed by atoms with Crippen LogP contribution in [0.4, 0.5) is 8.78 Å². The van der Waals surface area contributed by atoms with Crippen LogP contribution in [-0.4, -0.2) is 12.1 Å². The topological polar surface area (TPSA) is 12.0 Å². The summed E-state index contributed by atoms with van der Waals surface area (Å²) in [4.78, 5) is 0. The summed E-state index contributed by atoms with van der Waals surface area (Å²) < 4.78 is 29.5. The van der Waals surface area contributed by atoms with Crippen molar-refractivity contribution >= 4 is 15.9 Å². The Kier molecular flexibility index (Phi) is 2.75. The van der Waals surface area contributed by atoms with Gasteiger partial charge in [-0.1, -0.05) is 15.9 Å². The first-order valence-electron chi connectivity index (χ1n) is 5.97. The third-order valence-corrected chi connectivity index (χ3v) is 4.38. The second kappa shape index (κ2) is 4.02. The van der Waals surface area contributed by atoms with Gasteiger partial charge in [-0.15, -0.1) is 0 Å². The molecule has 0 spiro atoms. The van der Waals surface area contributed by atoms with Crippen LogP contribution < -0.4 is 5.32 Å². The van der Waals surface area contributed by atoms with Crippen LogP contribution in [-0.2, 0) is 5.67 Å². The summed E-state index contributed by atoms with van der Waals surface area (Å²) in [7, 11) is 0. The zero-order chi connectivity index (χ0) is 12.0. The van der Waals surface area contributed by atoms with Crippen LogP contribution in [0, 0.1) is 5.82 Å². The lowest BCUT2D eigenvalue weighted by Crippen LogP contribution is -2.44. The molecule has 0 amide bonds. The van der Waals surface area contributed by atoms with Crippen LogP contribution in [0.1, 0.15) is 31.2 Å². The third-order valence-electron chi connectivity index (χ3n) is 3.89. The first-order valence-corrected chi connectivity index (χ1v) is 6.77. The fourth-order valence-electron chi connectivity index (χ4n) is 3.15. The molecule has 0 aliphatic carbocycles. The SMILES string of the molecule is Fc1ccc(Br)cc1C1(F)CC2CCC(C1)N2. The molecule has 2 fully saturated rings. The van der Waals surface area contributed by atoms with Crippen molar-refractivity contribution in [2.24, 2.45) is 0 Å². The maximum atomic E-state index is 15.0. The van der Waals surface area contributed by atoms with Gasteiger partial charge >= 0.3 is 0 Å². The highest BCUT2D eigenvalue weighted by molar-refractivity contribution is 9.10. The molecular formula is C13H14BrF2N. The van der Waals surface area contributed by atoms with Gasteiger partial charge in [0.25, 0.3) is 0 Å². The summed E-state index contributed by atoms with van der Waals surface area (Å²) in [6, 6.07) is 4.94. The van der Waals surface area contributed by atoms with Gasteiger partial charge in [-0.3, -0.25) is 0 Å². The van der Waals surface area contributed by atoms with E-state index < -0.39 is 11.5 Å². The molecule has 1 aromatic rings. The van der Waals surface area contributed by atoms with Gasteiger partial charge in [0.05, 0.1) is 0 Å². The average Bonchev–Trinajstić information content (AvgIpc) is 2.62. The van der Waals surface area contributed by atoms with Gasteiger partial charge in [0.2, 0.25) is 0 Å². The predicted molar refractivity (Wildman–Crippen MR) is 66.1 cm³/mol. The van der Waals surface area contributed by atoms with E-state index in [1.54, 1.807) is 12.1 Å². The molecule has 1 N–H and O–H groups in total. The molecule has 4 heteroatoms. The van der Waals surface area contributed by atoms with Gasteiger partial charge in [0.1, 0.15) is 11.5 Å². The van der Waals surface area contributed by atoms with E-state index in [4.69, 9.17) is 0 Å². The molecule has 1 aromatic carbocycles. The summed E-state index contributed by atoms with van der Waals surface area (Å²) in [5, 5.41) is 3.38. The van der Waals surface area contributed by atoms with Crippen molar-refractivity contribution in [2.75, 3.05) is 0 Å². The summed E-state index contributed by atoms with van der Waals surface area (Å²) in [6.45, 7) is 0. The minimum absolute atomic E-state index is 0.206.